The number of aliphatic hydroxyl groups is 1. The first-order chi connectivity index (χ1) is 20.8. The number of nitrogens with one attached hydrogen (secondary N) is 2. The van der Waals surface area contributed by atoms with E-state index in [1.807, 2.05) is 39.0 Å². The van der Waals surface area contributed by atoms with Gasteiger partial charge in [0.25, 0.3) is 5.91 Å². The number of Topliss-reactive ketones (excluding diaryl/α,β-unsaturated/α-hetero) is 1. The van der Waals surface area contributed by atoms with Gasteiger partial charge in [-0.2, -0.15) is 0 Å². The van der Waals surface area contributed by atoms with E-state index in [9.17, 15) is 23.5 Å². The Balaban J connectivity index is 1.28. The summed E-state index contributed by atoms with van der Waals surface area (Å²) in [4.78, 5) is 34.7. The van der Waals surface area contributed by atoms with Gasteiger partial charge in [-0.25, -0.2) is 8.78 Å². The van der Waals surface area contributed by atoms with E-state index in [1.165, 1.54) is 12.1 Å². The lowest BCUT2D eigenvalue weighted by Crippen LogP contribution is -2.73. The number of carbonyl (C=O) groups is 2. The smallest absolute Gasteiger partial charge is 0.258 e. The normalized spacial score (nSPS) is 23.6. The van der Waals surface area contributed by atoms with Crippen molar-refractivity contribution in [2.24, 2.45) is 0 Å². The molecule has 1 saturated heterocycles. The molecule has 1 aliphatic carbocycles. The maximum Gasteiger partial charge on any atom is 0.258 e. The summed E-state index contributed by atoms with van der Waals surface area (Å²) < 4.78 is 28.0. The van der Waals surface area contributed by atoms with Crippen molar-refractivity contribution in [3.8, 4) is 0 Å². The standard InChI is InChI=1S/C34H40F2N4O3S/c1-32(2,30-9-4-5-16-38-30)29(37)18-24(41)19-34(20-40(21-34)23-12-14-33(3,43)15-13-23)39-31(42)28-8-6-7-27(44-28)25-11-10-22(35)17-26(25)36/h4-5,7-11,16-17,23,37,43H,6,12-15,18-21H2,1-3H3,(H,39,42). The monoisotopic (exact) mass is 622 g/mol. The van der Waals surface area contributed by atoms with E-state index in [2.05, 4.69) is 15.2 Å². The molecule has 0 atom stereocenters. The van der Waals surface area contributed by atoms with E-state index in [0.29, 0.717) is 47.9 Å². The maximum absolute atomic E-state index is 14.5. The Labute approximate surface area is 261 Å². The third-order valence-corrected chi connectivity index (χ3v) is 10.3. The fourth-order valence-electron chi connectivity index (χ4n) is 6.33. The maximum atomic E-state index is 14.5. The van der Waals surface area contributed by atoms with Crippen molar-refractivity contribution < 1.29 is 23.5 Å². The Morgan fingerprint density at radius 1 is 1.16 bits per heavy atom. The quantitative estimate of drug-likeness (QED) is 0.284. The summed E-state index contributed by atoms with van der Waals surface area (Å²) in [6, 6.07) is 9.18. The molecule has 0 bridgehead atoms. The Morgan fingerprint density at radius 3 is 2.55 bits per heavy atom. The van der Waals surface area contributed by atoms with Gasteiger partial charge in [0.2, 0.25) is 0 Å². The summed E-state index contributed by atoms with van der Waals surface area (Å²) in [5, 5.41) is 22.3. The van der Waals surface area contributed by atoms with E-state index < -0.39 is 28.2 Å². The highest BCUT2D eigenvalue weighted by Gasteiger charge is 2.49. The second-order valence-electron chi connectivity index (χ2n) is 13.2. The minimum atomic E-state index is -0.812. The number of pyridine rings is 1. The van der Waals surface area contributed by atoms with Crippen LogP contribution in [0.4, 0.5) is 8.78 Å². The second kappa shape index (κ2) is 12.7. The van der Waals surface area contributed by atoms with Gasteiger partial charge in [0.1, 0.15) is 17.4 Å². The lowest BCUT2D eigenvalue weighted by Gasteiger charge is -2.55. The molecule has 3 heterocycles. The molecule has 0 unspecified atom stereocenters. The molecule has 2 fully saturated rings. The van der Waals surface area contributed by atoms with Crippen LogP contribution in [0.1, 0.15) is 77.0 Å². The van der Waals surface area contributed by atoms with Gasteiger partial charge in [-0.1, -0.05) is 30.0 Å². The van der Waals surface area contributed by atoms with Gasteiger partial charge < -0.3 is 15.8 Å². The van der Waals surface area contributed by atoms with Gasteiger partial charge in [0.05, 0.1) is 21.7 Å². The van der Waals surface area contributed by atoms with Crippen LogP contribution in [0.25, 0.3) is 4.91 Å². The number of amides is 1. The number of thioether (sulfide) groups is 1. The number of ketones is 1. The number of rotatable bonds is 10. The molecular formula is C34H40F2N4O3S. The molecule has 1 amide bonds. The van der Waals surface area contributed by atoms with Gasteiger partial charge >= 0.3 is 0 Å². The van der Waals surface area contributed by atoms with Crippen LogP contribution < -0.4 is 5.32 Å². The van der Waals surface area contributed by atoms with E-state index in [4.69, 9.17) is 5.41 Å². The number of aromatic nitrogens is 1. The average Bonchev–Trinajstić information content (AvgIpc) is 2.96. The van der Waals surface area contributed by atoms with Crippen molar-refractivity contribution >= 4 is 34.1 Å². The lowest BCUT2D eigenvalue weighted by molar-refractivity contribution is -0.128. The zero-order valence-electron chi connectivity index (χ0n) is 25.5. The molecule has 0 spiro atoms. The number of nitrogens with zero attached hydrogens (tertiary/aromatic N) is 2. The summed E-state index contributed by atoms with van der Waals surface area (Å²) in [6.07, 6.45) is 8.76. The highest BCUT2D eigenvalue weighted by atomic mass is 32.2. The molecule has 1 aromatic carbocycles. The number of allylic oxidation sites excluding steroid dienone is 2. The molecule has 2 aliphatic heterocycles. The fraction of sp³-hybridized carbons (Fsp3) is 0.471. The topological polar surface area (TPSA) is 106 Å². The first-order valence-electron chi connectivity index (χ1n) is 15.1. The third-order valence-electron chi connectivity index (χ3n) is 9.15. The molecule has 7 nitrogen and oxygen atoms in total. The largest absolute Gasteiger partial charge is 0.390 e. The van der Waals surface area contributed by atoms with E-state index >= 15 is 0 Å². The van der Waals surface area contributed by atoms with Crippen molar-refractivity contribution in [3.63, 3.8) is 0 Å². The minimum Gasteiger partial charge on any atom is -0.390 e. The Bertz CT molecular complexity index is 1490. The zero-order chi connectivity index (χ0) is 31.7. The number of carbonyl (C=O) groups excluding carboxylic acids is 2. The number of likely N-dealkylation sites (tertiary alicyclic amines) is 1. The predicted molar refractivity (Wildman–Crippen MR) is 169 cm³/mol. The summed E-state index contributed by atoms with van der Waals surface area (Å²) in [6.45, 7) is 6.60. The van der Waals surface area contributed by atoms with Crippen LogP contribution in [0.2, 0.25) is 0 Å². The molecule has 5 rings (SSSR count). The van der Waals surface area contributed by atoms with Gasteiger partial charge in [0, 0.05) is 65.8 Å². The Kier molecular flexibility index (Phi) is 9.26. The predicted octanol–water partition coefficient (Wildman–Crippen LogP) is 5.93. The first-order valence-corrected chi connectivity index (χ1v) is 15.9. The van der Waals surface area contributed by atoms with Gasteiger partial charge in [0.15, 0.2) is 0 Å². The lowest BCUT2D eigenvalue weighted by atomic mass is 9.76. The van der Waals surface area contributed by atoms with Crippen LogP contribution in [0.15, 0.2) is 59.7 Å². The Hall–Kier alpha value is -3.21. The second-order valence-corrected chi connectivity index (χ2v) is 14.3. The number of hydrogen-bond donors (Lipinski definition) is 3. The van der Waals surface area contributed by atoms with Crippen molar-refractivity contribution in [1.82, 2.24) is 15.2 Å². The zero-order valence-corrected chi connectivity index (χ0v) is 26.3. The highest BCUT2D eigenvalue weighted by molar-refractivity contribution is 8.12. The van der Waals surface area contributed by atoms with Crippen molar-refractivity contribution in [1.29, 1.82) is 5.41 Å². The number of benzene rings is 1. The third kappa shape index (κ3) is 7.19. The van der Waals surface area contributed by atoms with Crippen LogP contribution in [0.5, 0.6) is 0 Å². The molecule has 3 aliphatic rings. The van der Waals surface area contributed by atoms with Crippen LogP contribution in [-0.2, 0) is 15.0 Å². The molecular weight excluding hydrogens is 582 g/mol. The van der Waals surface area contributed by atoms with E-state index in [-0.39, 0.29) is 41.8 Å². The van der Waals surface area contributed by atoms with Crippen molar-refractivity contribution in [2.45, 2.75) is 88.3 Å². The molecule has 10 heteroatoms. The highest BCUT2D eigenvalue weighted by Crippen LogP contribution is 2.41. The summed E-state index contributed by atoms with van der Waals surface area (Å²) in [5.41, 5.74) is -0.991. The number of hydrogen-bond acceptors (Lipinski definition) is 7. The van der Waals surface area contributed by atoms with Crippen LogP contribution in [0.3, 0.4) is 0 Å². The molecule has 1 aromatic heterocycles. The number of halogens is 2. The van der Waals surface area contributed by atoms with Crippen LogP contribution in [-0.4, -0.2) is 62.7 Å². The fourth-order valence-corrected chi connectivity index (χ4v) is 7.34. The molecule has 0 radical (unpaired) electrons. The summed E-state index contributed by atoms with van der Waals surface area (Å²) in [5.74, 6) is -1.83. The first kappa shape index (κ1) is 32.2. The molecule has 44 heavy (non-hydrogen) atoms. The average molecular weight is 623 g/mol. The van der Waals surface area contributed by atoms with E-state index in [1.54, 1.807) is 18.3 Å². The van der Waals surface area contributed by atoms with Gasteiger partial charge in [-0.3, -0.25) is 19.5 Å². The van der Waals surface area contributed by atoms with Crippen molar-refractivity contribution in [3.05, 3.63) is 82.5 Å². The Morgan fingerprint density at radius 2 is 1.89 bits per heavy atom. The van der Waals surface area contributed by atoms with E-state index in [0.717, 1.165) is 30.7 Å². The summed E-state index contributed by atoms with van der Waals surface area (Å²) >= 11 is 1.13. The van der Waals surface area contributed by atoms with Crippen LogP contribution >= 0.6 is 11.8 Å². The summed E-state index contributed by atoms with van der Waals surface area (Å²) in [7, 11) is 0. The molecule has 234 valence electrons. The minimum absolute atomic E-state index is 0.0539. The van der Waals surface area contributed by atoms with Crippen molar-refractivity contribution in [2.75, 3.05) is 13.1 Å². The SMILES string of the molecule is CC1(O)CCC(N2CC(CC(=O)CC(=N)C(C)(C)c3ccccn3)(NC(=O)C3=CCC=C(c4ccc(F)cc4F)S3)C2)CC1. The van der Waals surface area contributed by atoms with Gasteiger partial charge in [-0.05, 0) is 77.1 Å². The van der Waals surface area contributed by atoms with Crippen LogP contribution in [0, 0.1) is 17.0 Å². The molecule has 1 saturated carbocycles. The molecule has 3 N–H and O–H groups in total. The molecule has 2 aromatic rings. The van der Waals surface area contributed by atoms with Gasteiger partial charge in [-0.15, -0.1) is 0 Å².